The molecule has 0 saturated carbocycles. The van der Waals surface area contributed by atoms with Gasteiger partial charge in [0.25, 0.3) is 0 Å². The minimum absolute atomic E-state index is 0.143. The minimum atomic E-state index is -0.629. The van der Waals surface area contributed by atoms with E-state index in [2.05, 4.69) is 5.18 Å². The Morgan fingerprint density at radius 1 is 0.765 bits per heavy atom. The smallest absolute Gasteiger partial charge is 0.142 e. The zero-order chi connectivity index (χ0) is 12.3. The van der Waals surface area contributed by atoms with Gasteiger partial charge < -0.3 is 10.2 Å². The van der Waals surface area contributed by atoms with Crippen molar-refractivity contribution < 1.29 is 10.2 Å². The Morgan fingerprint density at radius 3 is 1.41 bits per heavy atom. The third kappa shape index (κ3) is 2.42. The molecule has 0 amide bonds. The lowest BCUT2D eigenvalue weighted by molar-refractivity contribution is 0.475. The van der Waals surface area contributed by atoms with Gasteiger partial charge in [0, 0.05) is 0 Å². The lowest BCUT2D eigenvalue weighted by Crippen LogP contribution is -1.96. The third-order valence-electron chi connectivity index (χ3n) is 2.52. The van der Waals surface area contributed by atoms with Crippen LogP contribution in [0.4, 0.5) is 0 Å². The highest BCUT2D eigenvalue weighted by atomic mass is 16.3. The van der Waals surface area contributed by atoms with E-state index in [1.807, 2.05) is 0 Å². The molecule has 4 nitrogen and oxygen atoms in total. The normalized spacial score (nSPS) is 10.4. The molecule has 0 unspecified atom stereocenters. The number of hydrogen-bond acceptors (Lipinski definition) is 4. The second-order valence-corrected chi connectivity index (χ2v) is 3.69. The van der Waals surface area contributed by atoms with Gasteiger partial charge in [-0.2, -0.15) is 0 Å². The van der Waals surface area contributed by atoms with Crippen LogP contribution in [0.5, 0.6) is 11.5 Å². The van der Waals surface area contributed by atoms with E-state index in [-0.39, 0.29) is 11.5 Å². The standard InChI is InChI=1S/C13H11NO3/c15-11-5-1-9(2-6-11)13(14-17)10-3-7-12(16)8-4-10/h1-8,13,15-16H. The molecule has 0 heterocycles. The first-order valence-corrected chi connectivity index (χ1v) is 5.11. The fourth-order valence-electron chi connectivity index (χ4n) is 1.63. The van der Waals surface area contributed by atoms with Crippen LogP contribution < -0.4 is 0 Å². The molecular weight excluding hydrogens is 218 g/mol. The Kier molecular flexibility index (Phi) is 3.05. The largest absolute Gasteiger partial charge is 0.508 e. The van der Waals surface area contributed by atoms with Crippen LogP contribution in [0.3, 0.4) is 0 Å². The number of nitrogens with zero attached hydrogens (tertiary/aromatic N) is 1. The number of aromatic hydroxyl groups is 2. The molecular formula is C13H11NO3. The molecule has 2 rings (SSSR count). The summed E-state index contributed by atoms with van der Waals surface area (Å²) in [5, 5.41) is 21.4. The molecule has 86 valence electrons. The topological polar surface area (TPSA) is 69.9 Å². The van der Waals surface area contributed by atoms with Crippen LogP contribution in [-0.4, -0.2) is 10.2 Å². The van der Waals surface area contributed by atoms with Crippen molar-refractivity contribution >= 4 is 0 Å². The maximum absolute atomic E-state index is 10.9. The van der Waals surface area contributed by atoms with Crippen molar-refractivity contribution in [1.29, 1.82) is 0 Å². The Balaban J connectivity index is 2.36. The summed E-state index contributed by atoms with van der Waals surface area (Å²) in [6, 6.07) is 12.0. The molecule has 0 aliphatic rings. The van der Waals surface area contributed by atoms with E-state index >= 15 is 0 Å². The average molecular weight is 229 g/mol. The molecule has 2 N–H and O–H groups in total. The van der Waals surface area contributed by atoms with Crippen LogP contribution in [-0.2, 0) is 0 Å². The SMILES string of the molecule is O=NC(c1ccc(O)cc1)c1ccc(O)cc1. The minimum Gasteiger partial charge on any atom is -0.508 e. The average Bonchev–Trinajstić information content (AvgIpc) is 2.35. The first-order chi connectivity index (χ1) is 8.20. The number of phenolic OH excluding ortho intramolecular Hbond substituents is 2. The third-order valence-corrected chi connectivity index (χ3v) is 2.52. The van der Waals surface area contributed by atoms with Crippen LogP contribution in [0.15, 0.2) is 53.7 Å². The van der Waals surface area contributed by atoms with E-state index in [4.69, 9.17) is 0 Å². The van der Waals surface area contributed by atoms with Crippen molar-refractivity contribution in [2.75, 3.05) is 0 Å². The highest BCUT2D eigenvalue weighted by Gasteiger charge is 2.14. The van der Waals surface area contributed by atoms with Crippen LogP contribution in [0.25, 0.3) is 0 Å². The van der Waals surface area contributed by atoms with Gasteiger partial charge in [-0.15, -0.1) is 4.91 Å². The summed E-state index contributed by atoms with van der Waals surface area (Å²) in [5.41, 5.74) is 1.40. The summed E-state index contributed by atoms with van der Waals surface area (Å²) in [6.07, 6.45) is 0. The molecule has 0 atom stereocenters. The van der Waals surface area contributed by atoms with E-state index in [1.165, 1.54) is 24.3 Å². The Labute approximate surface area is 98.1 Å². The van der Waals surface area contributed by atoms with Gasteiger partial charge in [-0.25, -0.2) is 0 Å². The van der Waals surface area contributed by atoms with Crippen molar-refractivity contribution in [3.8, 4) is 11.5 Å². The number of hydrogen-bond donors (Lipinski definition) is 2. The van der Waals surface area contributed by atoms with Gasteiger partial charge in [-0.3, -0.25) is 0 Å². The number of phenols is 2. The molecule has 2 aromatic carbocycles. The predicted molar refractivity (Wildman–Crippen MR) is 63.9 cm³/mol. The van der Waals surface area contributed by atoms with E-state index < -0.39 is 6.04 Å². The zero-order valence-electron chi connectivity index (χ0n) is 8.95. The fraction of sp³-hybridized carbons (Fsp3) is 0.0769. The first-order valence-electron chi connectivity index (χ1n) is 5.11. The van der Waals surface area contributed by atoms with Crippen LogP contribution in [0.1, 0.15) is 17.2 Å². The Hall–Kier alpha value is -2.36. The highest BCUT2D eigenvalue weighted by molar-refractivity contribution is 5.37. The van der Waals surface area contributed by atoms with Crippen LogP contribution in [0.2, 0.25) is 0 Å². The number of rotatable bonds is 3. The molecule has 4 heteroatoms. The fourth-order valence-corrected chi connectivity index (χ4v) is 1.63. The molecule has 0 aromatic heterocycles. The second-order valence-electron chi connectivity index (χ2n) is 3.69. The quantitative estimate of drug-likeness (QED) is 0.795. The van der Waals surface area contributed by atoms with Gasteiger partial charge >= 0.3 is 0 Å². The van der Waals surface area contributed by atoms with E-state index in [0.29, 0.717) is 11.1 Å². The summed E-state index contributed by atoms with van der Waals surface area (Å²) >= 11 is 0. The summed E-state index contributed by atoms with van der Waals surface area (Å²) in [6.45, 7) is 0. The number of benzene rings is 2. The maximum Gasteiger partial charge on any atom is 0.142 e. The van der Waals surface area contributed by atoms with Crippen molar-refractivity contribution in [2.24, 2.45) is 5.18 Å². The van der Waals surface area contributed by atoms with Gasteiger partial charge in [0.05, 0.1) is 0 Å². The molecule has 0 spiro atoms. The molecule has 0 aliphatic heterocycles. The molecule has 0 aliphatic carbocycles. The second kappa shape index (κ2) is 4.65. The molecule has 0 radical (unpaired) electrons. The van der Waals surface area contributed by atoms with Crippen LogP contribution >= 0.6 is 0 Å². The van der Waals surface area contributed by atoms with Gasteiger partial charge in [-0.05, 0) is 35.4 Å². The van der Waals surface area contributed by atoms with Crippen molar-refractivity contribution in [3.63, 3.8) is 0 Å². The Bertz CT molecular complexity index is 460. The zero-order valence-corrected chi connectivity index (χ0v) is 8.95. The lowest BCUT2D eigenvalue weighted by Gasteiger charge is -2.09. The predicted octanol–water partition coefficient (Wildman–Crippen LogP) is 2.95. The van der Waals surface area contributed by atoms with Crippen LogP contribution in [0, 0.1) is 4.91 Å². The van der Waals surface area contributed by atoms with Gasteiger partial charge in [-0.1, -0.05) is 29.4 Å². The summed E-state index contributed by atoms with van der Waals surface area (Å²) in [7, 11) is 0. The van der Waals surface area contributed by atoms with Gasteiger partial charge in [0.2, 0.25) is 0 Å². The summed E-state index contributed by atoms with van der Waals surface area (Å²) < 4.78 is 0. The van der Waals surface area contributed by atoms with E-state index in [9.17, 15) is 15.1 Å². The molecule has 0 saturated heterocycles. The van der Waals surface area contributed by atoms with Gasteiger partial charge in [0.1, 0.15) is 17.5 Å². The monoisotopic (exact) mass is 229 g/mol. The molecule has 2 aromatic rings. The van der Waals surface area contributed by atoms with Crippen molar-refractivity contribution in [3.05, 3.63) is 64.6 Å². The Morgan fingerprint density at radius 2 is 1.12 bits per heavy atom. The van der Waals surface area contributed by atoms with Crippen molar-refractivity contribution in [2.45, 2.75) is 6.04 Å². The first kappa shape index (κ1) is 11.1. The highest BCUT2D eigenvalue weighted by Crippen LogP contribution is 2.28. The van der Waals surface area contributed by atoms with Crippen molar-refractivity contribution in [1.82, 2.24) is 0 Å². The number of nitroso groups, excluding NO2 is 1. The molecule has 0 fully saturated rings. The lowest BCUT2D eigenvalue weighted by atomic mass is 9.99. The maximum atomic E-state index is 10.9. The summed E-state index contributed by atoms with van der Waals surface area (Å²) in [4.78, 5) is 10.9. The molecule has 17 heavy (non-hydrogen) atoms. The van der Waals surface area contributed by atoms with E-state index in [1.54, 1.807) is 24.3 Å². The molecule has 0 bridgehead atoms. The van der Waals surface area contributed by atoms with E-state index in [0.717, 1.165) is 0 Å². The summed E-state index contributed by atoms with van der Waals surface area (Å²) in [5.74, 6) is 0.285. The van der Waals surface area contributed by atoms with Gasteiger partial charge in [0.15, 0.2) is 0 Å².